The van der Waals surface area contributed by atoms with Crippen LogP contribution >= 0.6 is 11.3 Å². The van der Waals surface area contributed by atoms with Crippen LogP contribution in [0.4, 0.5) is 5.13 Å². The lowest BCUT2D eigenvalue weighted by Gasteiger charge is -2.31. The van der Waals surface area contributed by atoms with Crippen LogP contribution in [-0.4, -0.2) is 39.9 Å². The second-order valence-electron chi connectivity index (χ2n) is 5.99. The minimum Gasteiger partial charge on any atom is -0.463 e. The Balaban J connectivity index is 1.34. The summed E-state index contributed by atoms with van der Waals surface area (Å²) in [5.41, 5.74) is 0. The summed E-state index contributed by atoms with van der Waals surface area (Å²) in [6.45, 7) is 2.71. The van der Waals surface area contributed by atoms with Crippen molar-refractivity contribution in [2.45, 2.75) is 31.6 Å². The number of aromatic nitrogens is 4. The number of piperidine rings is 1. The van der Waals surface area contributed by atoms with Gasteiger partial charge in [-0.05, 0) is 31.7 Å². The van der Waals surface area contributed by atoms with Crippen molar-refractivity contribution in [3.63, 3.8) is 0 Å². The highest BCUT2D eigenvalue weighted by molar-refractivity contribution is 7.15. The Morgan fingerprint density at radius 1 is 1.18 bits per heavy atom. The van der Waals surface area contributed by atoms with Crippen LogP contribution in [0.5, 0.6) is 6.01 Å². The van der Waals surface area contributed by atoms with Crippen LogP contribution in [0.2, 0.25) is 0 Å². The molecule has 22 heavy (non-hydrogen) atoms. The SMILES string of the molecule is c1cnc(OCC2CCCN(c3nnc(C4CC4)s3)C2)nc1. The van der Waals surface area contributed by atoms with Gasteiger partial charge < -0.3 is 9.64 Å². The number of anilines is 1. The van der Waals surface area contributed by atoms with Crippen LogP contribution in [0.1, 0.15) is 36.6 Å². The molecular weight excluding hydrogens is 298 g/mol. The van der Waals surface area contributed by atoms with E-state index < -0.39 is 0 Å². The number of ether oxygens (including phenoxy) is 1. The van der Waals surface area contributed by atoms with E-state index in [1.54, 1.807) is 29.8 Å². The highest BCUT2D eigenvalue weighted by atomic mass is 32.1. The molecule has 2 aromatic heterocycles. The van der Waals surface area contributed by atoms with Gasteiger partial charge in [-0.3, -0.25) is 0 Å². The zero-order chi connectivity index (χ0) is 14.8. The largest absolute Gasteiger partial charge is 0.463 e. The lowest BCUT2D eigenvalue weighted by Crippen LogP contribution is -2.37. The first-order chi connectivity index (χ1) is 10.9. The maximum atomic E-state index is 5.70. The first-order valence-electron chi connectivity index (χ1n) is 7.86. The predicted octanol–water partition coefficient (Wildman–Crippen LogP) is 2.50. The zero-order valence-corrected chi connectivity index (χ0v) is 13.2. The summed E-state index contributed by atoms with van der Waals surface area (Å²) in [5.74, 6) is 1.18. The van der Waals surface area contributed by atoms with Crippen molar-refractivity contribution in [2.24, 2.45) is 5.92 Å². The maximum absolute atomic E-state index is 5.70. The van der Waals surface area contributed by atoms with Gasteiger partial charge in [0.05, 0.1) is 6.61 Å². The van der Waals surface area contributed by atoms with Crippen LogP contribution in [-0.2, 0) is 0 Å². The van der Waals surface area contributed by atoms with Gasteiger partial charge in [-0.15, -0.1) is 10.2 Å². The fourth-order valence-electron chi connectivity index (χ4n) is 2.78. The van der Waals surface area contributed by atoms with E-state index in [0.29, 0.717) is 24.5 Å². The minimum absolute atomic E-state index is 0.464. The molecule has 0 N–H and O–H groups in total. The predicted molar refractivity (Wildman–Crippen MR) is 84.3 cm³/mol. The molecule has 0 spiro atoms. The van der Waals surface area contributed by atoms with Gasteiger partial charge >= 0.3 is 6.01 Å². The van der Waals surface area contributed by atoms with Gasteiger partial charge in [0, 0.05) is 37.3 Å². The third-order valence-corrected chi connectivity index (χ3v) is 5.28. The molecule has 2 fully saturated rings. The van der Waals surface area contributed by atoms with E-state index >= 15 is 0 Å². The topological polar surface area (TPSA) is 64.0 Å². The van der Waals surface area contributed by atoms with Crippen LogP contribution in [0.25, 0.3) is 0 Å². The average Bonchev–Trinajstić information content (AvgIpc) is 3.31. The Bertz CT molecular complexity index is 615. The smallest absolute Gasteiger partial charge is 0.316 e. The zero-order valence-electron chi connectivity index (χ0n) is 12.4. The normalized spacial score (nSPS) is 21.8. The molecule has 1 unspecified atom stereocenters. The molecule has 1 atom stereocenters. The molecule has 0 radical (unpaired) electrons. The molecule has 1 aliphatic heterocycles. The second-order valence-corrected chi connectivity index (χ2v) is 6.98. The number of hydrogen-bond acceptors (Lipinski definition) is 7. The van der Waals surface area contributed by atoms with Crippen molar-refractivity contribution >= 4 is 16.5 Å². The van der Waals surface area contributed by atoms with E-state index in [4.69, 9.17) is 4.74 Å². The van der Waals surface area contributed by atoms with E-state index in [-0.39, 0.29) is 0 Å². The molecule has 7 heteroatoms. The lowest BCUT2D eigenvalue weighted by molar-refractivity contribution is 0.214. The number of hydrogen-bond donors (Lipinski definition) is 0. The Hall–Kier alpha value is -1.76. The summed E-state index contributed by atoms with van der Waals surface area (Å²) in [4.78, 5) is 10.6. The van der Waals surface area contributed by atoms with Crippen LogP contribution in [0.15, 0.2) is 18.5 Å². The van der Waals surface area contributed by atoms with E-state index in [2.05, 4.69) is 25.1 Å². The standard InChI is InChI=1S/C15H19N5OS/c1-3-11(10-21-14-16-6-2-7-17-14)9-20(8-1)15-19-18-13(22-15)12-4-5-12/h2,6-7,11-12H,1,3-5,8-10H2. The quantitative estimate of drug-likeness (QED) is 0.844. The molecule has 1 saturated heterocycles. The van der Waals surface area contributed by atoms with Gasteiger partial charge in [-0.1, -0.05) is 11.3 Å². The van der Waals surface area contributed by atoms with E-state index in [0.717, 1.165) is 18.2 Å². The van der Waals surface area contributed by atoms with Crippen LogP contribution in [0, 0.1) is 5.92 Å². The van der Waals surface area contributed by atoms with Crippen LogP contribution in [0.3, 0.4) is 0 Å². The molecule has 0 amide bonds. The molecular formula is C15H19N5OS. The first kappa shape index (κ1) is 13.9. The monoisotopic (exact) mass is 317 g/mol. The van der Waals surface area contributed by atoms with Gasteiger partial charge in [0.2, 0.25) is 5.13 Å². The molecule has 4 rings (SSSR count). The molecule has 116 valence electrons. The van der Waals surface area contributed by atoms with E-state index in [1.807, 2.05) is 0 Å². The van der Waals surface area contributed by atoms with Gasteiger partial charge in [0.1, 0.15) is 5.01 Å². The van der Waals surface area contributed by atoms with E-state index in [1.165, 1.54) is 30.7 Å². The second kappa shape index (κ2) is 6.16. The lowest BCUT2D eigenvalue weighted by atomic mass is 9.99. The van der Waals surface area contributed by atoms with Crippen molar-refractivity contribution in [1.82, 2.24) is 20.2 Å². The molecule has 6 nitrogen and oxygen atoms in total. The molecule has 0 aromatic carbocycles. The van der Waals surface area contributed by atoms with Gasteiger partial charge in [0.25, 0.3) is 0 Å². The van der Waals surface area contributed by atoms with Crippen molar-refractivity contribution in [3.8, 4) is 6.01 Å². The third kappa shape index (κ3) is 3.19. The van der Waals surface area contributed by atoms with Crippen molar-refractivity contribution < 1.29 is 4.74 Å². The minimum atomic E-state index is 0.464. The summed E-state index contributed by atoms with van der Waals surface area (Å²) < 4.78 is 5.70. The molecule has 2 aromatic rings. The van der Waals surface area contributed by atoms with Gasteiger partial charge in [0.15, 0.2) is 0 Å². The third-order valence-electron chi connectivity index (χ3n) is 4.14. The summed E-state index contributed by atoms with van der Waals surface area (Å²) in [7, 11) is 0. The van der Waals surface area contributed by atoms with Crippen molar-refractivity contribution in [2.75, 3.05) is 24.6 Å². The molecule has 1 saturated carbocycles. The molecule has 2 aliphatic rings. The van der Waals surface area contributed by atoms with Crippen molar-refractivity contribution in [1.29, 1.82) is 0 Å². The van der Waals surface area contributed by atoms with Crippen molar-refractivity contribution in [3.05, 3.63) is 23.5 Å². The van der Waals surface area contributed by atoms with Gasteiger partial charge in [-0.25, -0.2) is 9.97 Å². The van der Waals surface area contributed by atoms with Gasteiger partial charge in [-0.2, -0.15) is 0 Å². The van der Waals surface area contributed by atoms with E-state index in [9.17, 15) is 0 Å². The molecule has 1 aliphatic carbocycles. The number of nitrogens with zero attached hydrogens (tertiary/aromatic N) is 5. The highest BCUT2D eigenvalue weighted by Crippen LogP contribution is 2.42. The number of rotatable bonds is 5. The summed E-state index contributed by atoms with van der Waals surface area (Å²) in [6.07, 6.45) is 8.32. The Kier molecular flexibility index (Phi) is 3.88. The van der Waals surface area contributed by atoms with Crippen LogP contribution < -0.4 is 9.64 Å². The maximum Gasteiger partial charge on any atom is 0.316 e. The average molecular weight is 317 g/mol. The Labute approximate surface area is 133 Å². The summed E-state index contributed by atoms with van der Waals surface area (Å²) in [6, 6.07) is 2.26. The summed E-state index contributed by atoms with van der Waals surface area (Å²) in [5, 5.41) is 11.0. The Morgan fingerprint density at radius 2 is 2.05 bits per heavy atom. The summed E-state index contributed by atoms with van der Waals surface area (Å²) >= 11 is 1.76. The molecule has 0 bridgehead atoms. The fourth-order valence-corrected chi connectivity index (χ4v) is 3.82. The highest BCUT2D eigenvalue weighted by Gasteiger charge is 2.29. The first-order valence-corrected chi connectivity index (χ1v) is 8.68. The molecule has 3 heterocycles. The fraction of sp³-hybridized carbons (Fsp3) is 0.600. The Morgan fingerprint density at radius 3 is 2.86 bits per heavy atom.